The number of methoxy groups -OCH3 is 1. The predicted octanol–water partition coefficient (Wildman–Crippen LogP) is 1.22. The zero-order valence-corrected chi connectivity index (χ0v) is 12.9. The number of nitrogens with zero attached hydrogens (tertiary/aromatic N) is 2. The topological polar surface area (TPSA) is 98.2 Å². The number of unbranched alkanes of at least 4 members (excludes halogenated alkanes) is 1. The second-order valence-electron chi connectivity index (χ2n) is 5.06. The van der Waals surface area contributed by atoms with Crippen molar-refractivity contribution in [1.82, 2.24) is 14.9 Å². The number of aromatic nitrogens is 2. The average molecular weight is 313 g/mol. The van der Waals surface area contributed by atoms with Crippen molar-refractivity contribution in [2.75, 3.05) is 12.9 Å². The van der Waals surface area contributed by atoms with Crippen molar-refractivity contribution >= 4 is 15.9 Å². The maximum Gasteiger partial charge on any atom is 0.285 e. The minimum Gasteiger partial charge on any atom is -0.495 e. The summed E-state index contributed by atoms with van der Waals surface area (Å²) < 4.78 is 30.6. The molecule has 1 aliphatic rings. The van der Waals surface area contributed by atoms with Gasteiger partial charge in [0.05, 0.1) is 12.9 Å². The quantitative estimate of drug-likeness (QED) is 0.812. The Morgan fingerprint density at radius 1 is 1.43 bits per heavy atom. The highest BCUT2D eigenvalue weighted by atomic mass is 32.2. The standard InChI is InChI=1S/C13H19N3O4S/c1-3-4-7-21(18,19)16-13(17)10-8-11(20-2)12(15-14-10)9-5-6-9/h8-9H,3-7H2,1-2H3,(H,16,17). The molecule has 0 aliphatic heterocycles. The van der Waals surface area contributed by atoms with Gasteiger partial charge in [0.1, 0.15) is 11.4 Å². The fraction of sp³-hybridized carbons (Fsp3) is 0.615. The highest BCUT2D eigenvalue weighted by Crippen LogP contribution is 2.42. The van der Waals surface area contributed by atoms with Gasteiger partial charge in [-0.15, -0.1) is 5.10 Å². The number of amides is 1. The first-order valence-electron chi connectivity index (χ1n) is 6.93. The second kappa shape index (κ2) is 6.38. The summed E-state index contributed by atoms with van der Waals surface area (Å²) in [5, 5.41) is 7.80. The summed E-state index contributed by atoms with van der Waals surface area (Å²) >= 11 is 0. The Labute approximate surface area is 124 Å². The van der Waals surface area contributed by atoms with Crippen LogP contribution >= 0.6 is 0 Å². The molecule has 8 heteroatoms. The molecule has 0 bridgehead atoms. The van der Waals surface area contributed by atoms with Crippen molar-refractivity contribution in [3.63, 3.8) is 0 Å². The maximum absolute atomic E-state index is 11.9. The van der Waals surface area contributed by atoms with Gasteiger partial charge in [-0.3, -0.25) is 4.79 Å². The summed E-state index contributed by atoms with van der Waals surface area (Å²) in [7, 11) is -2.14. The van der Waals surface area contributed by atoms with Gasteiger partial charge in [-0.2, -0.15) is 5.10 Å². The Kier molecular flexibility index (Phi) is 4.76. The van der Waals surface area contributed by atoms with E-state index >= 15 is 0 Å². The van der Waals surface area contributed by atoms with Crippen LogP contribution in [0.25, 0.3) is 0 Å². The highest BCUT2D eigenvalue weighted by molar-refractivity contribution is 7.90. The van der Waals surface area contributed by atoms with Crippen LogP contribution in [0.2, 0.25) is 0 Å². The van der Waals surface area contributed by atoms with Crippen molar-refractivity contribution in [3.8, 4) is 5.75 Å². The Balaban J connectivity index is 2.12. The molecule has 116 valence electrons. The first-order chi connectivity index (χ1) is 9.96. The molecular formula is C13H19N3O4S. The third kappa shape index (κ3) is 4.13. The first kappa shape index (κ1) is 15.7. The van der Waals surface area contributed by atoms with Gasteiger partial charge in [0.25, 0.3) is 5.91 Å². The normalized spacial score (nSPS) is 14.8. The molecule has 0 spiro atoms. The van der Waals surface area contributed by atoms with Crippen LogP contribution in [0.5, 0.6) is 5.75 Å². The van der Waals surface area contributed by atoms with E-state index in [1.54, 1.807) is 0 Å². The summed E-state index contributed by atoms with van der Waals surface area (Å²) in [6.45, 7) is 1.88. The van der Waals surface area contributed by atoms with E-state index in [4.69, 9.17) is 4.74 Å². The Morgan fingerprint density at radius 3 is 2.71 bits per heavy atom. The number of ether oxygens (including phenoxy) is 1. The third-order valence-electron chi connectivity index (χ3n) is 3.22. The van der Waals surface area contributed by atoms with Crippen LogP contribution in [0, 0.1) is 0 Å². The second-order valence-corrected chi connectivity index (χ2v) is 6.90. The number of sulfonamides is 1. The Morgan fingerprint density at radius 2 is 2.14 bits per heavy atom. The SMILES string of the molecule is CCCCS(=O)(=O)NC(=O)c1cc(OC)c(C2CC2)nn1. The number of rotatable bonds is 7. The van der Waals surface area contributed by atoms with E-state index in [0.29, 0.717) is 18.1 Å². The van der Waals surface area contributed by atoms with Crippen molar-refractivity contribution in [3.05, 3.63) is 17.5 Å². The summed E-state index contributed by atoms with van der Waals surface area (Å²) in [5.41, 5.74) is 0.666. The van der Waals surface area contributed by atoms with Gasteiger partial charge < -0.3 is 4.74 Å². The number of nitrogens with one attached hydrogen (secondary N) is 1. The van der Waals surface area contributed by atoms with Gasteiger partial charge in [-0.05, 0) is 19.3 Å². The molecule has 1 aliphatic carbocycles. The summed E-state index contributed by atoms with van der Waals surface area (Å²) in [6, 6.07) is 1.44. The van der Waals surface area contributed by atoms with Crippen molar-refractivity contribution < 1.29 is 17.9 Å². The number of carbonyl (C=O) groups excluding carboxylic acids is 1. The highest BCUT2D eigenvalue weighted by Gasteiger charge is 2.30. The Hall–Kier alpha value is -1.70. The van der Waals surface area contributed by atoms with E-state index in [0.717, 1.165) is 25.0 Å². The first-order valence-corrected chi connectivity index (χ1v) is 8.58. The summed E-state index contributed by atoms with van der Waals surface area (Å²) in [5.74, 6) is -0.0549. The van der Waals surface area contributed by atoms with E-state index in [1.165, 1.54) is 13.2 Å². The minimum atomic E-state index is -3.63. The van der Waals surface area contributed by atoms with Gasteiger partial charge >= 0.3 is 0 Å². The Bertz CT molecular complexity index is 626. The van der Waals surface area contributed by atoms with E-state index < -0.39 is 15.9 Å². The van der Waals surface area contributed by atoms with Crippen molar-refractivity contribution in [2.24, 2.45) is 0 Å². The zero-order valence-electron chi connectivity index (χ0n) is 12.1. The van der Waals surface area contributed by atoms with Crippen LogP contribution in [0.3, 0.4) is 0 Å². The molecule has 0 unspecified atom stereocenters. The molecule has 0 aromatic carbocycles. The lowest BCUT2D eigenvalue weighted by atomic mass is 10.2. The van der Waals surface area contributed by atoms with Crippen LogP contribution in [0.1, 0.15) is 54.7 Å². The van der Waals surface area contributed by atoms with Crippen LogP contribution < -0.4 is 9.46 Å². The molecule has 1 aromatic heterocycles. The van der Waals surface area contributed by atoms with Crippen LogP contribution in [0.4, 0.5) is 0 Å². The molecular weight excluding hydrogens is 294 g/mol. The fourth-order valence-electron chi connectivity index (χ4n) is 1.88. The van der Waals surface area contributed by atoms with Gasteiger partial charge in [-0.1, -0.05) is 13.3 Å². The molecule has 0 atom stereocenters. The molecule has 21 heavy (non-hydrogen) atoms. The molecule has 2 rings (SSSR count). The average Bonchev–Trinajstić information content (AvgIpc) is 3.28. The van der Waals surface area contributed by atoms with E-state index in [2.05, 4.69) is 10.2 Å². The van der Waals surface area contributed by atoms with Gasteiger partial charge in [0.2, 0.25) is 10.0 Å². The fourth-order valence-corrected chi connectivity index (χ4v) is 3.03. The lowest BCUT2D eigenvalue weighted by Crippen LogP contribution is -2.33. The van der Waals surface area contributed by atoms with E-state index in [1.807, 2.05) is 11.6 Å². The largest absolute Gasteiger partial charge is 0.495 e. The molecule has 1 fully saturated rings. The molecule has 7 nitrogen and oxygen atoms in total. The van der Waals surface area contributed by atoms with Gasteiger partial charge in [0.15, 0.2) is 5.69 Å². The predicted molar refractivity (Wildman–Crippen MR) is 76.7 cm³/mol. The third-order valence-corrected chi connectivity index (χ3v) is 4.54. The lowest BCUT2D eigenvalue weighted by Gasteiger charge is -2.09. The van der Waals surface area contributed by atoms with Crippen molar-refractivity contribution in [1.29, 1.82) is 0 Å². The van der Waals surface area contributed by atoms with Gasteiger partial charge in [0, 0.05) is 12.0 Å². The maximum atomic E-state index is 11.9. The summed E-state index contributed by atoms with van der Waals surface area (Å²) in [4.78, 5) is 11.9. The minimum absolute atomic E-state index is 0.0590. The molecule has 0 saturated heterocycles. The van der Waals surface area contributed by atoms with E-state index in [-0.39, 0.29) is 11.4 Å². The monoisotopic (exact) mass is 313 g/mol. The lowest BCUT2D eigenvalue weighted by molar-refractivity contribution is 0.0975. The molecule has 1 heterocycles. The van der Waals surface area contributed by atoms with E-state index in [9.17, 15) is 13.2 Å². The number of carbonyl (C=O) groups is 1. The molecule has 0 radical (unpaired) electrons. The molecule has 1 N–H and O–H groups in total. The van der Waals surface area contributed by atoms with Crippen molar-refractivity contribution in [2.45, 2.75) is 38.5 Å². The number of hydrogen-bond donors (Lipinski definition) is 1. The zero-order chi connectivity index (χ0) is 15.5. The van der Waals surface area contributed by atoms with Crippen LogP contribution in [-0.2, 0) is 10.0 Å². The summed E-state index contributed by atoms with van der Waals surface area (Å²) in [6.07, 6.45) is 3.29. The van der Waals surface area contributed by atoms with Gasteiger partial charge in [-0.25, -0.2) is 13.1 Å². The molecule has 1 aromatic rings. The molecule has 1 amide bonds. The van der Waals surface area contributed by atoms with Crippen LogP contribution in [0.15, 0.2) is 6.07 Å². The smallest absolute Gasteiger partial charge is 0.285 e. The number of hydrogen-bond acceptors (Lipinski definition) is 6. The van der Waals surface area contributed by atoms with Crippen LogP contribution in [-0.4, -0.2) is 37.4 Å². The molecule has 1 saturated carbocycles.